The third-order valence-electron chi connectivity index (χ3n) is 6.96. The molecule has 10 heteroatoms. The van der Waals surface area contributed by atoms with Gasteiger partial charge in [0.1, 0.15) is 11.6 Å². The minimum Gasteiger partial charge on any atom is -0.421 e. The number of fused-ring (bicyclic) bond motifs is 1. The zero-order valence-electron chi connectivity index (χ0n) is 19.9. The molecule has 0 atom stereocenters. The van der Waals surface area contributed by atoms with Crippen LogP contribution in [0, 0.1) is 12.7 Å². The van der Waals surface area contributed by atoms with Gasteiger partial charge < -0.3 is 24.8 Å². The third kappa shape index (κ3) is 4.41. The Balaban J connectivity index is 1.31. The number of piperazine rings is 1. The van der Waals surface area contributed by atoms with Gasteiger partial charge in [0.25, 0.3) is 0 Å². The molecule has 1 aliphatic carbocycles. The van der Waals surface area contributed by atoms with Crippen molar-refractivity contribution in [3.05, 3.63) is 47.5 Å². The van der Waals surface area contributed by atoms with E-state index in [1.54, 1.807) is 18.2 Å². The molecule has 3 aromatic heterocycles. The number of aryl methyl sites for hydroxylation is 1. The van der Waals surface area contributed by atoms with Crippen LogP contribution in [0.1, 0.15) is 36.6 Å². The molecule has 4 heterocycles. The maximum absolute atomic E-state index is 15.2. The van der Waals surface area contributed by atoms with Crippen molar-refractivity contribution in [3.63, 3.8) is 0 Å². The molecule has 6 rings (SSSR count). The zero-order valence-corrected chi connectivity index (χ0v) is 19.9. The lowest BCUT2D eigenvalue weighted by atomic mass is 9.83. The second kappa shape index (κ2) is 8.84. The molecule has 0 bridgehead atoms. The third-order valence-corrected chi connectivity index (χ3v) is 6.96. The van der Waals surface area contributed by atoms with E-state index in [4.69, 9.17) is 4.74 Å². The predicted octanol–water partition coefficient (Wildman–Crippen LogP) is 4.68. The molecule has 182 valence electrons. The number of nitrogens with zero attached hydrogens (tertiary/aromatic N) is 5. The van der Waals surface area contributed by atoms with Crippen LogP contribution in [0.3, 0.4) is 0 Å². The van der Waals surface area contributed by atoms with E-state index in [2.05, 4.69) is 47.3 Å². The first-order valence-corrected chi connectivity index (χ1v) is 12.1. The van der Waals surface area contributed by atoms with Crippen LogP contribution in [0.25, 0.3) is 10.9 Å². The lowest BCUT2D eigenvalue weighted by Crippen LogP contribution is -2.44. The highest BCUT2D eigenvalue weighted by Crippen LogP contribution is 2.36. The summed E-state index contributed by atoms with van der Waals surface area (Å²) in [5.41, 5.74) is 2.75. The molecule has 0 amide bonds. The quantitative estimate of drug-likeness (QED) is 0.372. The summed E-state index contributed by atoms with van der Waals surface area (Å²) in [7, 11) is 2.11. The minimum atomic E-state index is -0.438. The minimum absolute atomic E-state index is 0.0872. The molecule has 0 spiro atoms. The monoisotopic (exact) mass is 476 g/mol. The summed E-state index contributed by atoms with van der Waals surface area (Å²) in [5, 5.41) is 11.3. The van der Waals surface area contributed by atoms with Crippen LogP contribution in [0.5, 0.6) is 11.8 Å². The SMILES string of the molecule is Cc1cc2c(F)c(Oc3nc(Nc4cc(C5CCC5)[nH]n4)cc(N4CCN(C)CC4)n3)ccc2[nH]1. The van der Waals surface area contributed by atoms with Crippen molar-refractivity contribution in [1.29, 1.82) is 0 Å². The number of hydrogen-bond donors (Lipinski definition) is 3. The molecule has 4 aromatic rings. The van der Waals surface area contributed by atoms with Crippen molar-refractivity contribution in [2.45, 2.75) is 32.1 Å². The first kappa shape index (κ1) is 21.8. The van der Waals surface area contributed by atoms with E-state index in [1.807, 2.05) is 19.1 Å². The lowest BCUT2D eigenvalue weighted by Gasteiger charge is -2.33. The molecule has 1 saturated carbocycles. The highest BCUT2D eigenvalue weighted by Gasteiger charge is 2.23. The number of anilines is 3. The average Bonchev–Trinajstić information content (AvgIpc) is 3.41. The van der Waals surface area contributed by atoms with Gasteiger partial charge >= 0.3 is 6.01 Å². The fourth-order valence-corrected chi connectivity index (χ4v) is 4.65. The Bertz CT molecular complexity index is 1350. The van der Waals surface area contributed by atoms with E-state index >= 15 is 4.39 Å². The summed E-state index contributed by atoms with van der Waals surface area (Å²) in [6.45, 7) is 5.44. The Morgan fingerprint density at radius 3 is 2.66 bits per heavy atom. The highest BCUT2D eigenvalue weighted by atomic mass is 19.1. The highest BCUT2D eigenvalue weighted by molar-refractivity contribution is 5.82. The van der Waals surface area contributed by atoms with Crippen LogP contribution in [-0.2, 0) is 0 Å². The molecule has 0 radical (unpaired) electrons. The summed E-state index contributed by atoms with van der Waals surface area (Å²) < 4.78 is 21.1. The summed E-state index contributed by atoms with van der Waals surface area (Å²) in [6, 6.07) is 9.18. The predicted molar refractivity (Wildman–Crippen MR) is 133 cm³/mol. The molecule has 2 fully saturated rings. The van der Waals surface area contributed by atoms with Crippen molar-refractivity contribution in [1.82, 2.24) is 30.0 Å². The van der Waals surface area contributed by atoms with Gasteiger partial charge in [-0.25, -0.2) is 4.39 Å². The van der Waals surface area contributed by atoms with Crippen LogP contribution < -0.4 is 15.0 Å². The first-order chi connectivity index (χ1) is 17.0. The van der Waals surface area contributed by atoms with Gasteiger partial charge in [-0.3, -0.25) is 5.10 Å². The number of nitrogens with one attached hydrogen (secondary N) is 3. The summed E-state index contributed by atoms with van der Waals surface area (Å²) in [4.78, 5) is 16.8. The second-order valence-electron chi connectivity index (χ2n) is 9.54. The number of halogens is 1. The van der Waals surface area contributed by atoms with E-state index < -0.39 is 5.82 Å². The van der Waals surface area contributed by atoms with E-state index in [-0.39, 0.29) is 11.8 Å². The van der Waals surface area contributed by atoms with Gasteiger partial charge in [0.05, 0.1) is 0 Å². The Labute approximate surface area is 202 Å². The summed E-state index contributed by atoms with van der Waals surface area (Å²) >= 11 is 0. The number of rotatable bonds is 6. The first-order valence-electron chi connectivity index (χ1n) is 12.1. The Morgan fingerprint density at radius 2 is 1.89 bits per heavy atom. The van der Waals surface area contributed by atoms with Crippen LogP contribution in [-0.4, -0.2) is 63.3 Å². The summed E-state index contributed by atoms with van der Waals surface area (Å²) in [6.07, 6.45) is 3.65. The second-order valence-corrected chi connectivity index (χ2v) is 9.54. The van der Waals surface area contributed by atoms with E-state index in [9.17, 15) is 0 Å². The van der Waals surface area contributed by atoms with E-state index in [0.29, 0.717) is 22.9 Å². The van der Waals surface area contributed by atoms with Crippen molar-refractivity contribution in [2.24, 2.45) is 0 Å². The van der Waals surface area contributed by atoms with E-state index in [0.717, 1.165) is 48.9 Å². The van der Waals surface area contributed by atoms with Gasteiger partial charge in [-0.2, -0.15) is 15.1 Å². The standard InChI is InChI=1S/C25H29FN8O/c1-15-12-17-18(27-15)6-7-20(24(17)26)35-25-29-21(14-23(30-25)34-10-8-33(2)9-11-34)28-22-13-19(31-32-22)16-4-3-5-16/h6-7,12-14,16,27H,3-5,8-11H2,1-2H3,(H2,28,29,30,31,32). The van der Waals surface area contributed by atoms with Crippen molar-refractivity contribution in [2.75, 3.05) is 43.4 Å². The molecule has 1 saturated heterocycles. The van der Waals surface area contributed by atoms with Gasteiger partial charge in [0.2, 0.25) is 0 Å². The number of H-pyrrole nitrogens is 2. The van der Waals surface area contributed by atoms with Gasteiger partial charge in [-0.15, -0.1) is 0 Å². The fraction of sp³-hybridized carbons (Fsp3) is 0.400. The fourth-order valence-electron chi connectivity index (χ4n) is 4.65. The van der Waals surface area contributed by atoms with Crippen molar-refractivity contribution >= 4 is 28.4 Å². The number of aromatic amines is 2. The Hall–Kier alpha value is -3.66. The van der Waals surface area contributed by atoms with Crippen LogP contribution >= 0.6 is 0 Å². The zero-order chi connectivity index (χ0) is 23.9. The number of ether oxygens (including phenoxy) is 1. The maximum Gasteiger partial charge on any atom is 0.326 e. The normalized spacial score (nSPS) is 17.1. The topological polar surface area (TPSA) is 98.0 Å². The van der Waals surface area contributed by atoms with Crippen LogP contribution in [0.4, 0.5) is 21.8 Å². The van der Waals surface area contributed by atoms with Gasteiger partial charge in [0, 0.05) is 66.5 Å². The molecule has 9 nitrogen and oxygen atoms in total. The van der Waals surface area contributed by atoms with Crippen molar-refractivity contribution < 1.29 is 9.13 Å². The number of hydrogen-bond acceptors (Lipinski definition) is 7. The molecule has 2 aliphatic rings. The molecule has 35 heavy (non-hydrogen) atoms. The molecular formula is C25H29FN8O. The van der Waals surface area contributed by atoms with Gasteiger partial charge in [-0.1, -0.05) is 6.42 Å². The number of benzene rings is 1. The van der Waals surface area contributed by atoms with Crippen LogP contribution in [0.15, 0.2) is 30.3 Å². The van der Waals surface area contributed by atoms with Gasteiger partial charge in [-0.05, 0) is 45.0 Å². The van der Waals surface area contributed by atoms with E-state index in [1.165, 1.54) is 19.3 Å². The Kier molecular flexibility index (Phi) is 5.52. The van der Waals surface area contributed by atoms with Gasteiger partial charge in [0.15, 0.2) is 17.4 Å². The lowest BCUT2D eigenvalue weighted by molar-refractivity contribution is 0.311. The van der Waals surface area contributed by atoms with Crippen molar-refractivity contribution in [3.8, 4) is 11.8 Å². The van der Waals surface area contributed by atoms with Crippen LogP contribution in [0.2, 0.25) is 0 Å². The molecule has 1 aromatic carbocycles. The molecule has 3 N–H and O–H groups in total. The largest absolute Gasteiger partial charge is 0.421 e. The number of likely N-dealkylation sites (N-methyl/N-ethyl adjacent to an activating group) is 1. The summed E-state index contributed by atoms with van der Waals surface area (Å²) in [5.74, 6) is 2.18. The molecule has 1 aliphatic heterocycles. The smallest absolute Gasteiger partial charge is 0.326 e. The maximum atomic E-state index is 15.2. The number of aromatic nitrogens is 5. The average molecular weight is 477 g/mol. The molecular weight excluding hydrogens is 447 g/mol. The molecule has 0 unspecified atom stereocenters. The Morgan fingerprint density at radius 1 is 1.06 bits per heavy atom.